The normalized spacial score (nSPS) is 23.4. The first-order valence-corrected chi connectivity index (χ1v) is 5.35. The number of furan rings is 1. The Morgan fingerprint density at radius 2 is 1.81 bits per heavy atom. The molecule has 0 unspecified atom stereocenters. The summed E-state index contributed by atoms with van der Waals surface area (Å²) in [4.78, 5) is 0. The molecule has 0 aliphatic heterocycles. The molecule has 0 bridgehead atoms. The maximum absolute atomic E-state index is 12.7. The first-order valence-electron chi connectivity index (χ1n) is 5.35. The van der Waals surface area contributed by atoms with Gasteiger partial charge in [0, 0.05) is 17.5 Å². The third kappa shape index (κ3) is 1.63. The van der Waals surface area contributed by atoms with Gasteiger partial charge < -0.3 is 10.2 Å². The van der Waals surface area contributed by atoms with Crippen LogP contribution in [-0.2, 0) is 0 Å². The van der Waals surface area contributed by atoms with Crippen LogP contribution in [0, 0.1) is 5.82 Å². The SMILES string of the molecule is N[C@H]1C[C@H]1c1ccc(-c2ccc(F)cc2)o1. The molecule has 1 heterocycles. The molecule has 3 heteroatoms. The monoisotopic (exact) mass is 217 g/mol. The smallest absolute Gasteiger partial charge is 0.134 e. The summed E-state index contributed by atoms with van der Waals surface area (Å²) in [6.45, 7) is 0. The first kappa shape index (κ1) is 9.60. The van der Waals surface area contributed by atoms with Crippen molar-refractivity contribution in [2.24, 2.45) is 5.73 Å². The molecule has 3 rings (SSSR count). The van der Waals surface area contributed by atoms with Crippen molar-refractivity contribution < 1.29 is 8.81 Å². The maximum atomic E-state index is 12.7. The second kappa shape index (κ2) is 3.46. The third-order valence-corrected chi connectivity index (χ3v) is 2.96. The van der Waals surface area contributed by atoms with Gasteiger partial charge in [0.05, 0.1) is 0 Å². The number of halogens is 1. The van der Waals surface area contributed by atoms with Crippen LogP contribution < -0.4 is 5.73 Å². The summed E-state index contributed by atoms with van der Waals surface area (Å²) in [7, 11) is 0. The Balaban J connectivity index is 1.89. The molecule has 1 fully saturated rings. The van der Waals surface area contributed by atoms with Gasteiger partial charge >= 0.3 is 0 Å². The van der Waals surface area contributed by atoms with Crippen LogP contribution in [-0.4, -0.2) is 6.04 Å². The predicted molar refractivity (Wildman–Crippen MR) is 59.4 cm³/mol. The zero-order valence-electron chi connectivity index (χ0n) is 8.69. The second-order valence-corrected chi connectivity index (χ2v) is 4.21. The van der Waals surface area contributed by atoms with Crippen LogP contribution in [0.15, 0.2) is 40.8 Å². The van der Waals surface area contributed by atoms with E-state index in [0.717, 1.165) is 23.5 Å². The van der Waals surface area contributed by atoms with Gasteiger partial charge in [0.1, 0.15) is 17.3 Å². The van der Waals surface area contributed by atoms with E-state index in [1.807, 2.05) is 12.1 Å². The highest BCUT2D eigenvalue weighted by molar-refractivity contribution is 5.57. The minimum atomic E-state index is -0.236. The topological polar surface area (TPSA) is 39.2 Å². The molecule has 0 saturated heterocycles. The molecule has 16 heavy (non-hydrogen) atoms. The molecule has 1 aliphatic rings. The largest absolute Gasteiger partial charge is 0.461 e. The molecule has 1 aromatic heterocycles. The van der Waals surface area contributed by atoms with Crippen LogP contribution in [0.2, 0.25) is 0 Å². The average molecular weight is 217 g/mol. The quantitative estimate of drug-likeness (QED) is 0.840. The van der Waals surface area contributed by atoms with Gasteiger partial charge in [0.25, 0.3) is 0 Å². The molecule has 2 nitrogen and oxygen atoms in total. The lowest BCUT2D eigenvalue weighted by Crippen LogP contribution is -2.00. The van der Waals surface area contributed by atoms with Gasteiger partial charge in [-0.3, -0.25) is 0 Å². The molecular weight excluding hydrogens is 205 g/mol. The minimum Gasteiger partial charge on any atom is -0.461 e. The van der Waals surface area contributed by atoms with Crippen molar-refractivity contribution in [1.82, 2.24) is 0 Å². The van der Waals surface area contributed by atoms with E-state index >= 15 is 0 Å². The van der Waals surface area contributed by atoms with Crippen molar-refractivity contribution in [3.8, 4) is 11.3 Å². The van der Waals surface area contributed by atoms with Gasteiger partial charge in [-0.1, -0.05) is 0 Å². The van der Waals surface area contributed by atoms with Crippen LogP contribution in [0.4, 0.5) is 4.39 Å². The highest BCUT2D eigenvalue weighted by atomic mass is 19.1. The number of rotatable bonds is 2. The highest BCUT2D eigenvalue weighted by Gasteiger charge is 2.37. The molecule has 2 atom stereocenters. The number of benzene rings is 1. The van der Waals surface area contributed by atoms with E-state index in [2.05, 4.69) is 0 Å². The van der Waals surface area contributed by atoms with E-state index in [1.165, 1.54) is 12.1 Å². The fourth-order valence-electron chi connectivity index (χ4n) is 1.86. The summed E-state index contributed by atoms with van der Waals surface area (Å²) in [6.07, 6.45) is 0.996. The summed E-state index contributed by atoms with van der Waals surface area (Å²) in [5.74, 6) is 1.84. The van der Waals surface area contributed by atoms with Crippen LogP contribution in [0.25, 0.3) is 11.3 Å². The molecule has 0 radical (unpaired) electrons. The molecule has 1 aliphatic carbocycles. The van der Waals surface area contributed by atoms with E-state index in [1.54, 1.807) is 12.1 Å². The average Bonchev–Trinajstić information content (AvgIpc) is 2.82. The summed E-state index contributed by atoms with van der Waals surface area (Å²) >= 11 is 0. The lowest BCUT2D eigenvalue weighted by molar-refractivity contribution is 0.522. The lowest BCUT2D eigenvalue weighted by atomic mass is 10.2. The summed E-state index contributed by atoms with van der Waals surface area (Å²) in [6, 6.07) is 10.4. The van der Waals surface area contributed by atoms with E-state index in [-0.39, 0.29) is 11.9 Å². The first-order chi connectivity index (χ1) is 7.74. The Bertz CT molecular complexity index is 503. The van der Waals surface area contributed by atoms with E-state index < -0.39 is 0 Å². The molecule has 2 aromatic rings. The molecule has 1 aromatic carbocycles. The number of hydrogen-bond acceptors (Lipinski definition) is 2. The summed E-state index contributed by atoms with van der Waals surface area (Å²) in [5.41, 5.74) is 6.65. The molecular formula is C13H12FNO. The fourth-order valence-corrected chi connectivity index (χ4v) is 1.86. The van der Waals surface area contributed by atoms with Gasteiger partial charge in [-0.15, -0.1) is 0 Å². The minimum absolute atomic E-state index is 0.236. The van der Waals surface area contributed by atoms with Gasteiger partial charge in [-0.25, -0.2) is 4.39 Å². The van der Waals surface area contributed by atoms with Crippen molar-refractivity contribution in [3.63, 3.8) is 0 Å². The number of hydrogen-bond donors (Lipinski definition) is 1. The summed E-state index contributed by atoms with van der Waals surface area (Å²) < 4.78 is 18.5. The Morgan fingerprint density at radius 1 is 1.12 bits per heavy atom. The molecule has 2 N–H and O–H groups in total. The van der Waals surface area contributed by atoms with E-state index in [9.17, 15) is 4.39 Å². The van der Waals surface area contributed by atoms with Crippen molar-refractivity contribution in [2.45, 2.75) is 18.4 Å². The zero-order valence-corrected chi connectivity index (χ0v) is 8.69. The zero-order chi connectivity index (χ0) is 11.1. The van der Waals surface area contributed by atoms with Crippen molar-refractivity contribution in [2.75, 3.05) is 0 Å². The Morgan fingerprint density at radius 3 is 2.44 bits per heavy atom. The van der Waals surface area contributed by atoms with Crippen molar-refractivity contribution in [1.29, 1.82) is 0 Å². The lowest BCUT2D eigenvalue weighted by Gasteiger charge is -1.96. The Labute approximate surface area is 92.9 Å². The van der Waals surface area contributed by atoms with Crippen LogP contribution in [0.1, 0.15) is 18.1 Å². The van der Waals surface area contributed by atoms with Gasteiger partial charge in [-0.2, -0.15) is 0 Å². The maximum Gasteiger partial charge on any atom is 0.134 e. The number of nitrogens with two attached hydrogens (primary N) is 1. The van der Waals surface area contributed by atoms with E-state index in [0.29, 0.717) is 5.92 Å². The predicted octanol–water partition coefficient (Wildman–Crippen LogP) is 2.90. The standard InChI is InChI=1S/C13H12FNO/c14-9-3-1-8(2-4-9)12-5-6-13(16-12)10-7-11(10)15/h1-6,10-11H,7,15H2/t10-,11+/m1/s1. The summed E-state index contributed by atoms with van der Waals surface area (Å²) in [5, 5.41) is 0. The molecule has 1 saturated carbocycles. The van der Waals surface area contributed by atoms with Crippen LogP contribution in [0.5, 0.6) is 0 Å². The highest BCUT2D eigenvalue weighted by Crippen LogP contribution is 2.40. The Hall–Kier alpha value is -1.61. The van der Waals surface area contributed by atoms with E-state index in [4.69, 9.17) is 10.2 Å². The van der Waals surface area contributed by atoms with Crippen molar-refractivity contribution in [3.05, 3.63) is 48.0 Å². The van der Waals surface area contributed by atoms with Crippen LogP contribution >= 0.6 is 0 Å². The molecule has 0 amide bonds. The second-order valence-electron chi connectivity index (χ2n) is 4.21. The van der Waals surface area contributed by atoms with Gasteiger partial charge in [0.2, 0.25) is 0 Å². The van der Waals surface area contributed by atoms with Crippen LogP contribution in [0.3, 0.4) is 0 Å². The molecule has 82 valence electrons. The fraction of sp³-hybridized carbons (Fsp3) is 0.231. The van der Waals surface area contributed by atoms with Gasteiger partial charge in [0.15, 0.2) is 0 Å². The molecule has 0 spiro atoms. The van der Waals surface area contributed by atoms with Gasteiger partial charge in [-0.05, 0) is 42.8 Å². The third-order valence-electron chi connectivity index (χ3n) is 2.96. The Kier molecular flexibility index (Phi) is 2.07. The van der Waals surface area contributed by atoms with Crippen molar-refractivity contribution >= 4 is 0 Å².